The maximum Gasteiger partial charge on any atom is 0.191 e. The van der Waals surface area contributed by atoms with Gasteiger partial charge >= 0.3 is 0 Å². The third-order valence-corrected chi connectivity index (χ3v) is 5.35. The van der Waals surface area contributed by atoms with Crippen molar-refractivity contribution in [2.24, 2.45) is 4.99 Å². The number of benzene rings is 2. The van der Waals surface area contributed by atoms with Crippen molar-refractivity contribution in [1.82, 2.24) is 10.6 Å². The minimum Gasteiger partial charge on any atom is -0.356 e. The van der Waals surface area contributed by atoms with Gasteiger partial charge in [-0.25, -0.2) is 8.42 Å². The van der Waals surface area contributed by atoms with E-state index in [1.165, 1.54) is 11.8 Å². The van der Waals surface area contributed by atoms with E-state index in [0.717, 1.165) is 31.0 Å². The van der Waals surface area contributed by atoms with Gasteiger partial charge in [0.15, 0.2) is 15.8 Å². The molecular formula is C20H28IN3O2S. The molecule has 0 radical (unpaired) electrons. The first kappa shape index (κ1) is 23.4. The van der Waals surface area contributed by atoms with Gasteiger partial charge in [0, 0.05) is 26.4 Å². The van der Waals surface area contributed by atoms with Crippen LogP contribution in [0.25, 0.3) is 0 Å². The Hall–Kier alpha value is -1.61. The Morgan fingerprint density at radius 2 is 1.67 bits per heavy atom. The highest BCUT2D eigenvalue weighted by Crippen LogP contribution is 2.13. The molecule has 1 atom stereocenters. The normalized spacial score (nSPS) is 12.8. The lowest BCUT2D eigenvalue weighted by molar-refractivity contribution is 0.602. The molecule has 0 aliphatic carbocycles. The number of nitrogens with zero attached hydrogens (tertiary/aromatic N) is 1. The zero-order valence-corrected chi connectivity index (χ0v) is 19.1. The van der Waals surface area contributed by atoms with Crippen molar-refractivity contribution in [2.75, 3.05) is 26.4 Å². The number of nitrogens with one attached hydrogen (secondary N) is 2. The van der Waals surface area contributed by atoms with Crippen LogP contribution in [0, 0.1) is 0 Å². The Kier molecular flexibility index (Phi) is 9.79. The number of aliphatic imine (C=N–C) groups is 1. The topological polar surface area (TPSA) is 70.6 Å². The fourth-order valence-corrected chi connectivity index (χ4v) is 3.23. The summed E-state index contributed by atoms with van der Waals surface area (Å²) < 4.78 is 23.0. The van der Waals surface area contributed by atoms with Crippen LogP contribution in [-0.2, 0) is 16.3 Å². The van der Waals surface area contributed by atoms with E-state index in [-0.39, 0.29) is 24.0 Å². The molecule has 0 spiro atoms. The quantitative estimate of drug-likeness (QED) is 0.347. The smallest absolute Gasteiger partial charge is 0.191 e. The molecule has 0 heterocycles. The highest BCUT2D eigenvalue weighted by molar-refractivity contribution is 14.0. The molecule has 5 nitrogen and oxygen atoms in total. The van der Waals surface area contributed by atoms with Crippen LogP contribution in [0.15, 0.2) is 64.5 Å². The first-order valence-electron chi connectivity index (χ1n) is 8.68. The summed E-state index contributed by atoms with van der Waals surface area (Å²) in [5, 5.41) is 6.63. The average Bonchev–Trinajstić information content (AvgIpc) is 2.64. The lowest BCUT2D eigenvalue weighted by Gasteiger charge is -2.16. The fourth-order valence-electron chi connectivity index (χ4n) is 2.60. The zero-order chi connectivity index (χ0) is 19.0. The predicted molar refractivity (Wildman–Crippen MR) is 123 cm³/mol. The molecule has 2 N–H and O–H groups in total. The van der Waals surface area contributed by atoms with Crippen molar-refractivity contribution in [2.45, 2.75) is 24.2 Å². The Balaban J connectivity index is 0.00000364. The van der Waals surface area contributed by atoms with Crippen LogP contribution in [-0.4, -0.2) is 40.8 Å². The lowest BCUT2D eigenvalue weighted by Crippen LogP contribution is -2.39. The molecule has 2 aromatic rings. The lowest BCUT2D eigenvalue weighted by atomic mass is 10.0. The SMILES string of the molecule is CN=C(NCCc1ccc(S(C)(=O)=O)cc1)NCC(C)c1ccccc1.I. The largest absolute Gasteiger partial charge is 0.356 e. The Morgan fingerprint density at radius 3 is 2.22 bits per heavy atom. The second-order valence-electron chi connectivity index (χ2n) is 6.36. The van der Waals surface area contributed by atoms with E-state index < -0.39 is 9.84 Å². The first-order chi connectivity index (χ1) is 12.4. The monoisotopic (exact) mass is 501 g/mol. The minimum atomic E-state index is -3.14. The number of hydrogen-bond acceptors (Lipinski definition) is 3. The van der Waals surface area contributed by atoms with Gasteiger partial charge in [0.05, 0.1) is 4.90 Å². The summed E-state index contributed by atoms with van der Waals surface area (Å²) in [6.07, 6.45) is 2.01. The molecule has 148 valence electrons. The van der Waals surface area contributed by atoms with E-state index in [4.69, 9.17) is 0 Å². The zero-order valence-electron chi connectivity index (χ0n) is 16.0. The molecule has 0 aliphatic heterocycles. The summed E-state index contributed by atoms with van der Waals surface area (Å²) in [7, 11) is -1.39. The van der Waals surface area contributed by atoms with Crippen LogP contribution in [0.5, 0.6) is 0 Å². The summed E-state index contributed by atoms with van der Waals surface area (Å²) in [5.74, 6) is 1.15. The van der Waals surface area contributed by atoms with Crippen molar-refractivity contribution in [3.63, 3.8) is 0 Å². The molecule has 0 saturated carbocycles. The van der Waals surface area contributed by atoms with Crippen LogP contribution < -0.4 is 10.6 Å². The Labute approximate surface area is 179 Å². The van der Waals surface area contributed by atoms with Gasteiger partial charge in [0.1, 0.15) is 0 Å². The van der Waals surface area contributed by atoms with Crippen LogP contribution in [0.2, 0.25) is 0 Å². The van der Waals surface area contributed by atoms with Gasteiger partial charge in [-0.15, -0.1) is 24.0 Å². The van der Waals surface area contributed by atoms with Gasteiger partial charge < -0.3 is 10.6 Å². The standard InChI is InChI=1S/C20H27N3O2S.HI/c1-16(18-7-5-4-6-8-18)15-23-20(21-2)22-14-13-17-9-11-19(12-10-17)26(3,24)25;/h4-12,16H,13-15H2,1-3H3,(H2,21,22,23);1H. The number of guanidine groups is 1. The third kappa shape index (κ3) is 7.88. The molecule has 0 aromatic heterocycles. The average molecular weight is 501 g/mol. The molecule has 2 rings (SSSR count). The summed E-state index contributed by atoms with van der Waals surface area (Å²) >= 11 is 0. The fraction of sp³-hybridized carbons (Fsp3) is 0.350. The molecule has 0 amide bonds. The Bertz CT molecular complexity index is 822. The van der Waals surface area contributed by atoms with E-state index >= 15 is 0 Å². The second-order valence-corrected chi connectivity index (χ2v) is 8.37. The van der Waals surface area contributed by atoms with Gasteiger partial charge in [-0.05, 0) is 35.6 Å². The van der Waals surface area contributed by atoms with E-state index in [0.29, 0.717) is 10.8 Å². The van der Waals surface area contributed by atoms with Crippen molar-refractivity contribution in [3.8, 4) is 0 Å². The predicted octanol–water partition coefficient (Wildman–Crippen LogP) is 3.22. The number of halogens is 1. The number of sulfone groups is 1. The van der Waals surface area contributed by atoms with Crippen molar-refractivity contribution >= 4 is 39.8 Å². The summed E-state index contributed by atoms with van der Waals surface area (Å²) in [5.41, 5.74) is 2.37. The van der Waals surface area contributed by atoms with Gasteiger partial charge in [-0.3, -0.25) is 4.99 Å². The Morgan fingerprint density at radius 1 is 1.04 bits per heavy atom. The van der Waals surface area contributed by atoms with Crippen LogP contribution in [0.3, 0.4) is 0 Å². The van der Waals surface area contributed by atoms with E-state index in [1.54, 1.807) is 19.2 Å². The highest BCUT2D eigenvalue weighted by Gasteiger charge is 2.07. The van der Waals surface area contributed by atoms with E-state index in [2.05, 4.69) is 34.7 Å². The first-order valence-corrected chi connectivity index (χ1v) is 10.6. The molecular weight excluding hydrogens is 473 g/mol. The summed E-state index contributed by atoms with van der Waals surface area (Å²) in [4.78, 5) is 4.60. The molecule has 27 heavy (non-hydrogen) atoms. The van der Waals surface area contributed by atoms with E-state index in [1.807, 2.05) is 30.3 Å². The van der Waals surface area contributed by atoms with Crippen LogP contribution in [0.1, 0.15) is 24.0 Å². The molecule has 0 bridgehead atoms. The highest BCUT2D eigenvalue weighted by atomic mass is 127. The maximum absolute atomic E-state index is 11.5. The van der Waals surface area contributed by atoms with Gasteiger partial charge in [0.25, 0.3) is 0 Å². The van der Waals surface area contributed by atoms with Gasteiger partial charge in [-0.1, -0.05) is 49.4 Å². The minimum absolute atomic E-state index is 0. The van der Waals surface area contributed by atoms with Crippen molar-refractivity contribution < 1.29 is 8.42 Å². The molecule has 7 heteroatoms. The van der Waals surface area contributed by atoms with Crippen LogP contribution in [0.4, 0.5) is 0 Å². The maximum atomic E-state index is 11.5. The summed E-state index contributed by atoms with van der Waals surface area (Å²) in [6.45, 7) is 3.70. The molecule has 1 unspecified atom stereocenters. The molecule has 0 aliphatic rings. The molecule has 0 saturated heterocycles. The summed E-state index contributed by atoms with van der Waals surface area (Å²) in [6, 6.07) is 17.4. The second kappa shape index (κ2) is 11.3. The van der Waals surface area contributed by atoms with Crippen molar-refractivity contribution in [3.05, 3.63) is 65.7 Å². The molecule has 0 fully saturated rings. The number of hydrogen-bond donors (Lipinski definition) is 2. The van der Waals surface area contributed by atoms with Gasteiger partial charge in [0.2, 0.25) is 0 Å². The van der Waals surface area contributed by atoms with E-state index in [9.17, 15) is 8.42 Å². The number of rotatable bonds is 7. The molecule has 2 aromatic carbocycles. The third-order valence-electron chi connectivity index (χ3n) is 4.23. The van der Waals surface area contributed by atoms with Crippen molar-refractivity contribution in [1.29, 1.82) is 0 Å². The van der Waals surface area contributed by atoms with Crippen LogP contribution >= 0.6 is 24.0 Å². The van der Waals surface area contributed by atoms with Gasteiger partial charge in [-0.2, -0.15) is 0 Å².